The van der Waals surface area contributed by atoms with Crippen molar-refractivity contribution in [3.63, 3.8) is 0 Å². The van der Waals surface area contributed by atoms with Crippen LogP contribution >= 0.6 is 0 Å². The molecule has 2 aromatic rings. The van der Waals surface area contributed by atoms with E-state index in [9.17, 15) is 4.79 Å². The number of benzene rings is 1. The summed E-state index contributed by atoms with van der Waals surface area (Å²) < 4.78 is 12.2. The number of nitrogens with zero attached hydrogens (tertiary/aromatic N) is 2. The number of rotatable bonds is 4. The number of ether oxygens (including phenoxy) is 2. The summed E-state index contributed by atoms with van der Waals surface area (Å²) in [7, 11) is 3.41. The normalized spacial score (nSPS) is 17.7. The highest BCUT2D eigenvalue weighted by Crippen LogP contribution is 2.22. The molecule has 6 heteroatoms. The van der Waals surface area contributed by atoms with Crippen molar-refractivity contribution in [2.75, 3.05) is 20.3 Å². The molecule has 0 aliphatic carbocycles. The number of carbonyl (C=O) groups excluding carboxylic acids is 1. The Kier molecular flexibility index (Phi) is 4.62. The fourth-order valence-corrected chi connectivity index (χ4v) is 2.70. The van der Waals surface area contributed by atoms with Gasteiger partial charge >= 0.3 is 0 Å². The van der Waals surface area contributed by atoms with Crippen LogP contribution in [0.15, 0.2) is 30.3 Å². The van der Waals surface area contributed by atoms with Gasteiger partial charge in [-0.2, -0.15) is 5.10 Å². The molecule has 1 aliphatic heterocycles. The van der Waals surface area contributed by atoms with Gasteiger partial charge in [-0.3, -0.25) is 9.48 Å². The van der Waals surface area contributed by atoms with Crippen LogP contribution in [0, 0.1) is 0 Å². The zero-order valence-corrected chi connectivity index (χ0v) is 13.4. The van der Waals surface area contributed by atoms with Gasteiger partial charge in [-0.25, -0.2) is 0 Å². The third kappa shape index (κ3) is 3.53. The van der Waals surface area contributed by atoms with Crippen LogP contribution in [0.25, 0.3) is 11.3 Å². The highest BCUT2D eigenvalue weighted by molar-refractivity contribution is 5.93. The van der Waals surface area contributed by atoms with E-state index in [0.717, 1.165) is 36.5 Å². The Morgan fingerprint density at radius 2 is 2.17 bits per heavy atom. The SMILES string of the molecule is COc1ccc(-c2cc(C(=O)NC3CCCOC3)n(C)n2)cc1. The molecular formula is C17H21N3O3. The minimum Gasteiger partial charge on any atom is -0.497 e. The van der Waals surface area contributed by atoms with Gasteiger partial charge in [0.15, 0.2) is 0 Å². The summed E-state index contributed by atoms with van der Waals surface area (Å²) in [4.78, 5) is 12.4. The molecule has 1 amide bonds. The minimum atomic E-state index is -0.115. The lowest BCUT2D eigenvalue weighted by Crippen LogP contribution is -2.41. The molecule has 0 spiro atoms. The van der Waals surface area contributed by atoms with Crippen LogP contribution in [-0.2, 0) is 11.8 Å². The molecule has 122 valence electrons. The number of hydrogen-bond donors (Lipinski definition) is 1. The number of aryl methyl sites for hydroxylation is 1. The summed E-state index contributed by atoms with van der Waals surface area (Å²) in [5.41, 5.74) is 2.25. The smallest absolute Gasteiger partial charge is 0.269 e. The molecule has 3 rings (SSSR count). The Labute approximate surface area is 135 Å². The maximum Gasteiger partial charge on any atom is 0.269 e. The molecule has 1 aromatic carbocycles. The minimum absolute atomic E-state index is 0.0792. The zero-order chi connectivity index (χ0) is 16.2. The van der Waals surface area contributed by atoms with Crippen LogP contribution in [0.5, 0.6) is 5.75 Å². The first-order valence-corrected chi connectivity index (χ1v) is 7.74. The summed E-state index contributed by atoms with van der Waals surface area (Å²) in [6.45, 7) is 1.36. The van der Waals surface area contributed by atoms with Crippen molar-refractivity contribution in [3.8, 4) is 17.0 Å². The van der Waals surface area contributed by atoms with Gasteiger partial charge in [0.05, 0.1) is 25.5 Å². The van der Waals surface area contributed by atoms with Crippen LogP contribution in [0.4, 0.5) is 0 Å². The van der Waals surface area contributed by atoms with Gasteiger partial charge in [-0.1, -0.05) is 0 Å². The van der Waals surface area contributed by atoms with Gasteiger partial charge in [0, 0.05) is 19.2 Å². The Hall–Kier alpha value is -2.34. The van der Waals surface area contributed by atoms with E-state index in [0.29, 0.717) is 12.3 Å². The van der Waals surface area contributed by atoms with E-state index in [2.05, 4.69) is 10.4 Å². The summed E-state index contributed by atoms with van der Waals surface area (Å²) >= 11 is 0. The van der Waals surface area contributed by atoms with E-state index in [1.165, 1.54) is 0 Å². The lowest BCUT2D eigenvalue weighted by atomic mass is 10.1. The molecule has 6 nitrogen and oxygen atoms in total. The van der Waals surface area contributed by atoms with Gasteiger partial charge in [-0.15, -0.1) is 0 Å². The molecule has 1 unspecified atom stereocenters. The van der Waals surface area contributed by atoms with E-state index in [-0.39, 0.29) is 11.9 Å². The van der Waals surface area contributed by atoms with Crippen molar-refractivity contribution in [1.29, 1.82) is 0 Å². The number of aromatic nitrogens is 2. The molecule has 1 aliphatic rings. The first-order valence-electron chi connectivity index (χ1n) is 7.74. The fraction of sp³-hybridized carbons (Fsp3) is 0.412. The van der Waals surface area contributed by atoms with E-state index in [4.69, 9.17) is 9.47 Å². The number of nitrogens with one attached hydrogen (secondary N) is 1. The molecule has 1 saturated heterocycles. The predicted octanol–water partition coefficient (Wildman–Crippen LogP) is 2.00. The van der Waals surface area contributed by atoms with Gasteiger partial charge in [0.2, 0.25) is 0 Å². The summed E-state index contributed by atoms with van der Waals surface area (Å²) in [6.07, 6.45) is 1.93. The van der Waals surface area contributed by atoms with E-state index >= 15 is 0 Å². The average molecular weight is 315 g/mol. The van der Waals surface area contributed by atoms with E-state index in [1.54, 1.807) is 24.9 Å². The van der Waals surface area contributed by atoms with Crippen LogP contribution < -0.4 is 10.1 Å². The third-order valence-electron chi connectivity index (χ3n) is 3.99. The summed E-state index contributed by atoms with van der Waals surface area (Å²) in [5.74, 6) is 0.676. The third-order valence-corrected chi connectivity index (χ3v) is 3.99. The zero-order valence-electron chi connectivity index (χ0n) is 13.4. The van der Waals surface area contributed by atoms with Crippen molar-refractivity contribution < 1.29 is 14.3 Å². The molecule has 0 radical (unpaired) electrons. The molecule has 23 heavy (non-hydrogen) atoms. The van der Waals surface area contributed by atoms with Crippen LogP contribution in [0.2, 0.25) is 0 Å². The van der Waals surface area contributed by atoms with Crippen molar-refractivity contribution >= 4 is 5.91 Å². The average Bonchev–Trinajstić information content (AvgIpc) is 2.98. The van der Waals surface area contributed by atoms with Crippen LogP contribution in [-0.4, -0.2) is 42.1 Å². The second kappa shape index (κ2) is 6.83. The number of carbonyl (C=O) groups is 1. The quantitative estimate of drug-likeness (QED) is 0.937. The molecule has 1 atom stereocenters. The molecule has 0 bridgehead atoms. The Morgan fingerprint density at radius 1 is 1.39 bits per heavy atom. The number of methoxy groups -OCH3 is 1. The second-order valence-electron chi connectivity index (χ2n) is 5.65. The van der Waals surface area contributed by atoms with Gasteiger partial charge in [-0.05, 0) is 43.2 Å². The predicted molar refractivity (Wildman–Crippen MR) is 86.5 cm³/mol. The van der Waals surface area contributed by atoms with Crippen molar-refractivity contribution in [2.45, 2.75) is 18.9 Å². The van der Waals surface area contributed by atoms with E-state index in [1.807, 2.05) is 24.3 Å². The highest BCUT2D eigenvalue weighted by atomic mass is 16.5. The number of amides is 1. The first kappa shape index (κ1) is 15.6. The van der Waals surface area contributed by atoms with Crippen molar-refractivity contribution in [3.05, 3.63) is 36.0 Å². The lowest BCUT2D eigenvalue weighted by molar-refractivity contribution is 0.0620. The number of hydrogen-bond acceptors (Lipinski definition) is 4. The maximum atomic E-state index is 12.4. The van der Waals surface area contributed by atoms with Crippen molar-refractivity contribution in [2.24, 2.45) is 7.05 Å². The maximum absolute atomic E-state index is 12.4. The van der Waals surface area contributed by atoms with Gasteiger partial charge in [0.25, 0.3) is 5.91 Å². The molecule has 2 heterocycles. The Morgan fingerprint density at radius 3 is 2.83 bits per heavy atom. The Bertz CT molecular complexity index is 673. The summed E-state index contributed by atoms with van der Waals surface area (Å²) in [6, 6.07) is 9.50. The Balaban J connectivity index is 1.75. The second-order valence-corrected chi connectivity index (χ2v) is 5.65. The van der Waals surface area contributed by atoms with Gasteiger partial charge < -0.3 is 14.8 Å². The molecule has 1 N–H and O–H groups in total. The largest absolute Gasteiger partial charge is 0.497 e. The highest BCUT2D eigenvalue weighted by Gasteiger charge is 2.20. The van der Waals surface area contributed by atoms with Crippen LogP contribution in [0.3, 0.4) is 0 Å². The van der Waals surface area contributed by atoms with Crippen molar-refractivity contribution in [1.82, 2.24) is 15.1 Å². The molecule has 1 aromatic heterocycles. The van der Waals surface area contributed by atoms with Gasteiger partial charge in [0.1, 0.15) is 11.4 Å². The lowest BCUT2D eigenvalue weighted by Gasteiger charge is -2.22. The summed E-state index contributed by atoms with van der Waals surface area (Å²) in [5, 5.41) is 7.45. The monoisotopic (exact) mass is 315 g/mol. The molecule has 1 fully saturated rings. The topological polar surface area (TPSA) is 65.4 Å². The fourth-order valence-electron chi connectivity index (χ4n) is 2.70. The molecular weight excluding hydrogens is 294 g/mol. The first-order chi connectivity index (χ1) is 11.2. The molecule has 0 saturated carbocycles. The van der Waals surface area contributed by atoms with E-state index < -0.39 is 0 Å². The van der Waals surface area contributed by atoms with Crippen LogP contribution in [0.1, 0.15) is 23.3 Å². The standard InChI is InChI=1S/C17H21N3O3/c1-20-16(17(21)18-13-4-3-9-23-11-13)10-15(19-20)12-5-7-14(22-2)8-6-12/h5-8,10,13H,3-4,9,11H2,1-2H3,(H,18,21).